The fourth-order valence-corrected chi connectivity index (χ4v) is 9.56. The summed E-state index contributed by atoms with van der Waals surface area (Å²) in [6, 6.07) is 12.1. The molecular formula is C39H39LiN8O3S2. The van der Waals surface area contributed by atoms with Crippen LogP contribution in [0.1, 0.15) is 76.3 Å². The van der Waals surface area contributed by atoms with Crippen molar-refractivity contribution in [2.75, 3.05) is 7.11 Å². The number of methoxy groups -OCH3 is 1. The minimum atomic E-state index is 0. The maximum Gasteiger partial charge on any atom is 1.00 e. The van der Waals surface area contributed by atoms with Crippen molar-refractivity contribution >= 4 is 63.5 Å². The molecule has 2 fully saturated rings. The number of hydrogen-bond donors (Lipinski definition) is 0. The van der Waals surface area contributed by atoms with Gasteiger partial charge in [0.1, 0.15) is 30.3 Å². The molecule has 8 aromatic heterocycles. The number of aromatic nitrogens is 8. The minimum absolute atomic E-state index is 0. The minimum Gasteiger partial charge on any atom is -0.670 e. The van der Waals surface area contributed by atoms with Crippen molar-refractivity contribution in [2.45, 2.75) is 76.3 Å². The van der Waals surface area contributed by atoms with Gasteiger partial charge in [-0.25, -0.2) is 19.9 Å². The molecule has 2 aliphatic carbocycles. The van der Waals surface area contributed by atoms with Gasteiger partial charge < -0.3 is 14.3 Å². The third-order valence-electron chi connectivity index (χ3n) is 10.0. The van der Waals surface area contributed by atoms with Crippen LogP contribution in [0.3, 0.4) is 0 Å². The molecule has 0 spiro atoms. The summed E-state index contributed by atoms with van der Waals surface area (Å²) in [6.07, 6.45) is 26.1. The largest absolute Gasteiger partial charge is 1.00 e. The first-order valence-electron chi connectivity index (χ1n) is 17.9. The molecule has 0 unspecified atom stereocenters. The predicted molar refractivity (Wildman–Crippen MR) is 208 cm³/mol. The molecule has 11 nitrogen and oxygen atoms in total. The number of hydrogen-bond acceptors (Lipinski definition) is 9. The molecule has 0 amide bonds. The maximum atomic E-state index is 13.1. The Balaban J connectivity index is 0.000000144. The zero-order valence-electron chi connectivity index (χ0n) is 29.9. The molecule has 2 aliphatic rings. The standard InChI is InChI=1S/C19H18N4OS.C16H17N3O2S.C4H4N.Li/c24-19-17-16(21-12-23(19)13-6-2-1-3-7-13)15-14(22-10-4-5-11-22)8-9-20-18(15)25-17;1-21-11-7-8-17-15-12(11)13-14(22-15)16(20)19(9-18-13)10-5-3-2-4-6-10;1-2-4-5-3-1;/h4-5,8-13H,1-3,6-7H2;7-10H,2-6H2,1H3;1-4H;/q;;-1;+1. The van der Waals surface area contributed by atoms with E-state index >= 15 is 0 Å². The van der Waals surface area contributed by atoms with Gasteiger partial charge in [-0.1, -0.05) is 50.7 Å². The maximum absolute atomic E-state index is 13.1. The van der Waals surface area contributed by atoms with Gasteiger partial charge in [0.25, 0.3) is 11.1 Å². The quantitative estimate of drug-likeness (QED) is 0.218. The Kier molecular flexibility index (Phi) is 11.6. The summed E-state index contributed by atoms with van der Waals surface area (Å²) >= 11 is 2.87. The van der Waals surface area contributed by atoms with E-state index in [-0.39, 0.29) is 30.0 Å². The molecule has 0 aromatic carbocycles. The summed E-state index contributed by atoms with van der Waals surface area (Å²) in [4.78, 5) is 49.5. The first-order valence-corrected chi connectivity index (χ1v) is 19.5. The summed E-state index contributed by atoms with van der Waals surface area (Å²) in [5, 5.41) is 1.81. The fraction of sp³-hybridized carbons (Fsp3) is 0.333. The molecule has 14 heteroatoms. The SMILES string of the molecule is COc1ccnc2sc3c(=O)n(C4CCCCC4)cnc3c12.O=c1c2sc3nccc(-n4cccc4)c3c2ncn1C1CCCCC1.[Li+].c1cc[n-]c1. The van der Waals surface area contributed by atoms with Crippen LogP contribution in [0.25, 0.3) is 46.6 Å². The van der Waals surface area contributed by atoms with Crippen molar-refractivity contribution in [3.05, 3.63) is 107 Å². The molecule has 0 bridgehead atoms. The van der Waals surface area contributed by atoms with Gasteiger partial charge in [0.15, 0.2) is 0 Å². The Hall–Kier alpha value is -4.54. The number of ether oxygens (including phenoxy) is 1. The molecule has 8 heterocycles. The van der Waals surface area contributed by atoms with E-state index in [1.165, 1.54) is 61.2 Å². The van der Waals surface area contributed by atoms with Gasteiger partial charge in [-0.3, -0.25) is 18.7 Å². The smallest absolute Gasteiger partial charge is 0.670 e. The van der Waals surface area contributed by atoms with Crippen LogP contribution in [0.2, 0.25) is 0 Å². The van der Waals surface area contributed by atoms with Crippen LogP contribution in [-0.2, 0) is 0 Å². The van der Waals surface area contributed by atoms with Crippen LogP contribution in [-0.4, -0.2) is 40.7 Å². The number of thiophene rings is 2. The van der Waals surface area contributed by atoms with Gasteiger partial charge in [-0.15, -0.1) is 22.7 Å². The number of nitrogens with zero attached hydrogens (tertiary/aromatic N) is 8. The number of pyridine rings is 2. The number of fused-ring (bicyclic) bond motifs is 6. The van der Waals surface area contributed by atoms with E-state index in [0.717, 1.165) is 67.8 Å². The Morgan fingerprint density at radius 1 is 0.679 bits per heavy atom. The monoisotopic (exact) mass is 738 g/mol. The van der Waals surface area contributed by atoms with Crippen LogP contribution < -0.4 is 39.7 Å². The zero-order valence-corrected chi connectivity index (χ0v) is 31.6. The van der Waals surface area contributed by atoms with Crippen molar-refractivity contribution < 1.29 is 23.6 Å². The molecule has 0 radical (unpaired) electrons. The normalized spacial score (nSPS) is 15.1. The Labute approximate surface area is 325 Å². The van der Waals surface area contributed by atoms with Crippen LogP contribution >= 0.6 is 22.7 Å². The molecule has 266 valence electrons. The van der Waals surface area contributed by atoms with E-state index < -0.39 is 0 Å². The molecule has 2 saturated carbocycles. The Bertz CT molecular complexity index is 2530. The summed E-state index contributed by atoms with van der Waals surface area (Å²) in [5.41, 5.74) is 2.64. The van der Waals surface area contributed by atoms with Crippen molar-refractivity contribution in [1.82, 2.24) is 38.6 Å². The van der Waals surface area contributed by atoms with Crippen molar-refractivity contribution in [2.24, 2.45) is 0 Å². The Morgan fingerprint density at radius 2 is 1.19 bits per heavy atom. The van der Waals surface area contributed by atoms with Gasteiger partial charge >= 0.3 is 18.9 Å². The predicted octanol–water partition coefficient (Wildman–Crippen LogP) is 5.47. The van der Waals surface area contributed by atoms with Crippen LogP contribution in [0.5, 0.6) is 5.75 Å². The summed E-state index contributed by atoms with van der Waals surface area (Å²) in [5.74, 6) is 0.721. The van der Waals surface area contributed by atoms with E-state index in [9.17, 15) is 9.59 Å². The van der Waals surface area contributed by atoms with Gasteiger partial charge in [-0.2, -0.15) is 12.4 Å². The summed E-state index contributed by atoms with van der Waals surface area (Å²) < 4.78 is 12.5. The van der Waals surface area contributed by atoms with Crippen LogP contribution in [0.15, 0.2) is 95.8 Å². The van der Waals surface area contributed by atoms with Crippen molar-refractivity contribution in [1.29, 1.82) is 0 Å². The number of rotatable bonds is 4. The van der Waals surface area contributed by atoms with E-state index in [4.69, 9.17) is 9.72 Å². The molecule has 0 atom stereocenters. The zero-order chi connectivity index (χ0) is 35.4. The van der Waals surface area contributed by atoms with E-state index in [1.807, 2.05) is 62.5 Å². The third kappa shape index (κ3) is 7.36. The average molecular weight is 739 g/mol. The summed E-state index contributed by atoms with van der Waals surface area (Å²) in [7, 11) is 1.63. The second-order valence-electron chi connectivity index (χ2n) is 13.2. The topological polar surface area (TPSA) is 124 Å². The third-order valence-corrected chi connectivity index (χ3v) is 12.2. The molecule has 0 saturated heterocycles. The average Bonchev–Trinajstić information content (AvgIpc) is 4.04. The molecule has 0 N–H and O–H groups in total. The van der Waals surface area contributed by atoms with E-state index in [1.54, 1.807) is 44.6 Å². The van der Waals surface area contributed by atoms with Gasteiger partial charge in [-0.05, 0) is 49.9 Å². The van der Waals surface area contributed by atoms with Crippen LogP contribution in [0.4, 0.5) is 0 Å². The van der Waals surface area contributed by atoms with Crippen molar-refractivity contribution in [3.63, 3.8) is 0 Å². The first kappa shape index (κ1) is 36.8. The first-order chi connectivity index (χ1) is 25.6. The van der Waals surface area contributed by atoms with Crippen molar-refractivity contribution in [3.8, 4) is 11.4 Å². The van der Waals surface area contributed by atoms with E-state index in [2.05, 4.69) is 19.9 Å². The van der Waals surface area contributed by atoms with Gasteiger partial charge in [0.2, 0.25) is 0 Å². The summed E-state index contributed by atoms with van der Waals surface area (Å²) in [6.45, 7) is 0. The Morgan fingerprint density at radius 3 is 1.70 bits per heavy atom. The fourth-order valence-electron chi connectivity index (χ4n) is 7.45. The van der Waals surface area contributed by atoms with E-state index in [0.29, 0.717) is 22.3 Å². The molecular weight excluding hydrogens is 700 g/mol. The molecule has 0 aliphatic heterocycles. The molecule has 10 rings (SSSR count). The molecule has 53 heavy (non-hydrogen) atoms. The second-order valence-corrected chi connectivity index (χ2v) is 15.2. The second kappa shape index (κ2) is 16.6. The van der Waals surface area contributed by atoms with Gasteiger partial charge in [0.05, 0.1) is 41.7 Å². The molecule has 8 aromatic rings. The van der Waals surface area contributed by atoms with Crippen LogP contribution in [0, 0.1) is 0 Å². The van der Waals surface area contributed by atoms with Gasteiger partial charge in [0, 0.05) is 36.9 Å².